The Hall–Kier alpha value is -1.62. The summed E-state index contributed by atoms with van der Waals surface area (Å²) >= 11 is 0. The summed E-state index contributed by atoms with van der Waals surface area (Å²) in [5.74, 6) is -0.179. The Morgan fingerprint density at radius 2 is 2.15 bits per heavy atom. The maximum absolute atomic E-state index is 13.7. The van der Waals surface area contributed by atoms with E-state index in [0.717, 1.165) is 26.1 Å². The third-order valence-corrected chi connectivity index (χ3v) is 3.50. The van der Waals surface area contributed by atoms with Crippen LogP contribution >= 0.6 is 0 Å². The van der Waals surface area contributed by atoms with Crippen molar-refractivity contribution in [2.45, 2.75) is 19.8 Å². The fraction of sp³-hybridized carbons (Fsp3) is 0.533. The first-order valence-electron chi connectivity index (χ1n) is 7.10. The highest BCUT2D eigenvalue weighted by atomic mass is 19.1. The summed E-state index contributed by atoms with van der Waals surface area (Å²) in [5.41, 5.74) is 0.637. The third kappa shape index (κ3) is 3.70. The molecule has 4 nitrogen and oxygen atoms in total. The molecule has 1 aromatic rings. The average molecular weight is 280 g/mol. The van der Waals surface area contributed by atoms with Crippen molar-refractivity contribution >= 4 is 11.6 Å². The fourth-order valence-electron chi connectivity index (χ4n) is 2.35. The summed E-state index contributed by atoms with van der Waals surface area (Å²) in [6.45, 7) is 4.56. The van der Waals surface area contributed by atoms with Crippen LogP contribution in [0.25, 0.3) is 0 Å². The fourth-order valence-corrected chi connectivity index (χ4v) is 2.35. The molecule has 20 heavy (non-hydrogen) atoms. The van der Waals surface area contributed by atoms with Crippen molar-refractivity contribution in [3.05, 3.63) is 29.6 Å². The van der Waals surface area contributed by atoms with E-state index in [0.29, 0.717) is 24.6 Å². The van der Waals surface area contributed by atoms with Crippen LogP contribution in [0.3, 0.4) is 0 Å². The van der Waals surface area contributed by atoms with Crippen LogP contribution in [0.15, 0.2) is 18.2 Å². The van der Waals surface area contributed by atoms with Crippen LogP contribution in [0.5, 0.6) is 0 Å². The van der Waals surface area contributed by atoms with Gasteiger partial charge in [-0.15, -0.1) is 0 Å². The molecule has 0 aromatic heterocycles. The van der Waals surface area contributed by atoms with E-state index in [-0.39, 0.29) is 11.6 Å². The molecule has 0 unspecified atom stereocenters. The highest BCUT2D eigenvalue weighted by Gasteiger charge is 2.18. The van der Waals surface area contributed by atoms with E-state index in [1.165, 1.54) is 6.07 Å². The molecular weight excluding hydrogens is 259 g/mol. The lowest BCUT2D eigenvalue weighted by Crippen LogP contribution is -2.32. The zero-order valence-corrected chi connectivity index (χ0v) is 11.7. The van der Waals surface area contributed by atoms with E-state index in [1.807, 2.05) is 6.92 Å². The van der Waals surface area contributed by atoms with Crippen molar-refractivity contribution < 1.29 is 13.9 Å². The van der Waals surface area contributed by atoms with E-state index in [1.54, 1.807) is 12.1 Å². The molecule has 0 spiro atoms. The molecule has 1 fully saturated rings. The van der Waals surface area contributed by atoms with E-state index in [4.69, 9.17) is 4.74 Å². The van der Waals surface area contributed by atoms with Gasteiger partial charge in [0.15, 0.2) is 0 Å². The Morgan fingerprint density at radius 1 is 1.40 bits per heavy atom. The molecule has 0 atom stereocenters. The molecule has 1 amide bonds. The van der Waals surface area contributed by atoms with Crippen LogP contribution in [0.1, 0.15) is 30.1 Å². The number of hydrogen-bond acceptors (Lipinski definition) is 3. The zero-order valence-electron chi connectivity index (χ0n) is 11.7. The summed E-state index contributed by atoms with van der Waals surface area (Å²) in [6, 6.07) is 4.55. The van der Waals surface area contributed by atoms with Gasteiger partial charge in [-0.2, -0.15) is 0 Å². The lowest BCUT2D eigenvalue weighted by Gasteiger charge is -2.22. The number of carbonyl (C=O) groups excluding carboxylic acids is 1. The molecule has 1 aromatic carbocycles. The van der Waals surface area contributed by atoms with Gasteiger partial charge in [0.2, 0.25) is 0 Å². The first-order valence-corrected chi connectivity index (χ1v) is 7.10. The molecular formula is C15H21FN2O2. The average Bonchev–Trinajstić information content (AvgIpc) is 2.48. The van der Waals surface area contributed by atoms with Crippen molar-refractivity contribution in [3.8, 4) is 0 Å². The van der Waals surface area contributed by atoms with E-state index < -0.39 is 5.82 Å². The van der Waals surface area contributed by atoms with Crippen LogP contribution in [-0.4, -0.2) is 32.2 Å². The second-order valence-electron chi connectivity index (χ2n) is 4.96. The maximum Gasteiger partial charge on any atom is 0.253 e. The van der Waals surface area contributed by atoms with Gasteiger partial charge in [0.1, 0.15) is 5.82 Å². The third-order valence-electron chi connectivity index (χ3n) is 3.50. The van der Waals surface area contributed by atoms with Gasteiger partial charge < -0.3 is 15.4 Å². The van der Waals surface area contributed by atoms with Crippen molar-refractivity contribution in [2.75, 3.05) is 31.6 Å². The first-order chi connectivity index (χ1) is 9.72. The number of nitrogens with one attached hydrogen (secondary N) is 2. The highest BCUT2D eigenvalue weighted by Crippen LogP contribution is 2.20. The molecule has 1 aliphatic rings. The van der Waals surface area contributed by atoms with Crippen LogP contribution in [0.2, 0.25) is 0 Å². The van der Waals surface area contributed by atoms with Crippen molar-refractivity contribution in [2.24, 2.45) is 5.92 Å². The molecule has 110 valence electrons. The van der Waals surface area contributed by atoms with Gasteiger partial charge in [-0.05, 0) is 37.8 Å². The molecule has 1 saturated heterocycles. The van der Waals surface area contributed by atoms with Gasteiger partial charge in [0.05, 0.1) is 11.3 Å². The van der Waals surface area contributed by atoms with E-state index in [2.05, 4.69) is 10.6 Å². The van der Waals surface area contributed by atoms with Crippen LogP contribution in [-0.2, 0) is 4.74 Å². The Labute approximate surface area is 118 Å². The Bertz CT molecular complexity index is 459. The molecule has 2 N–H and O–H groups in total. The second kappa shape index (κ2) is 7.24. The number of benzene rings is 1. The largest absolute Gasteiger partial charge is 0.382 e. The quantitative estimate of drug-likeness (QED) is 0.871. The van der Waals surface area contributed by atoms with Crippen molar-refractivity contribution in [1.29, 1.82) is 0 Å². The summed E-state index contributed by atoms with van der Waals surface area (Å²) in [5, 5.41) is 5.80. The van der Waals surface area contributed by atoms with Crippen LogP contribution in [0.4, 0.5) is 10.1 Å². The lowest BCUT2D eigenvalue weighted by atomic mass is 10.0. The summed E-state index contributed by atoms with van der Waals surface area (Å²) in [4.78, 5) is 12.2. The number of rotatable bonds is 5. The molecule has 5 heteroatoms. The van der Waals surface area contributed by atoms with E-state index >= 15 is 0 Å². The molecule has 2 rings (SSSR count). The number of amides is 1. The summed E-state index contributed by atoms with van der Waals surface area (Å²) in [6.07, 6.45) is 1.92. The monoisotopic (exact) mass is 280 g/mol. The predicted octanol–water partition coefficient (Wildman–Crippen LogP) is 2.41. The van der Waals surface area contributed by atoms with Gasteiger partial charge in [0.25, 0.3) is 5.91 Å². The lowest BCUT2D eigenvalue weighted by molar-refractivity contribution is 0.0643. The second-order valence-corrected chi connectivity index (χ2v) is 4.96. The minimum atomic E-state index is -0.398. The SMILES string of the molecule is CCNc1c(F)cccc1C(=O)NCC1CCOCC1. The standard InChI is InChI=1S/C15H21FN2O2/c1-2-17-14-12(4-3-5-13(14)16)15(19)18-10-11-6-8-20-9-7-11/h3-5,11,17H,2,6-10H2,1H3,(H,18,19). The van der Waals surface area contributed by atoms with Crippen LogP contribution in [0, 0.1) is 11.7 Å². The van der Waals surface area contributed by atoms with Gasteiger partial charge in [-0.3, -0.25) is 4.79 Å². The van der Waals surface area contributed by atoms with Gasteiger partial charge in [-0.25, -0.2) is 4.39 Å². The summed E-state index contributed by atoms with van der Waals surface area (Å²) < 4.78 is 19.0. The molecule has 0 saturated carbocycles. The van der Waals surface area contributed by atoms with Gasteiger partial charge in [-0.1, -0.05) is 6.07 Å². The van der Waals surface area contributed by atoms with Crippen molar-refractivity contribution in [3.63, 3.8) is 0 Å². The summed E-state index contributed by atoms with van der Waals surface area (Å²) in [7, 11) is 0. The molecule has 0 radical (unpaired) electrons. The topological polar surface area (TPSA) is 50.4 Å². The number of ether oxygens (including phenoxy) is 1. The Morgan fingerprint density at radius 3 is 2.85 bits per heavy atom. The minimum Gasteiger partial charge on any atom is -0.382 e. The molecule has 0 bridgehead atoms. The number of para-hydroxylation sites is 1. The number of halogens is 1. The molecule has 0 aliphatic carbocycles. The zero-order chi connectivity index (χ0) is 14.4. The molecule has 1 heterocycles. The number of anilines is 1. The van der Waals surface area contributed by atoms with E-state index in [9.17, 15) is 9.18 Å². The normalized spacial score (nSPS) is 15.9. The Balaban J connectivity index is 1.99. The maximum atomic E-state index is 13.7. The number of hydrogen-bond donors (Lipinski definition) is 2. The highest BCUT2D eigenvalue weighted by molar-refractivity contribution is 5.99. The van der Waals surface area contributed by atoms with Crippen molar-refractivity contribution in [1.82, 2.24) is 5.32 Å². The minimum absolute atomic E-state index is 0.230. The van der Waals surface area contributed by atoms with Crippen LogP contribution < -0.4 is 10.6 Å². The van der Waals surface area contributed by atoms with Gasteiger partial charge >= 0.3 is 0 Å². The van der Waals surface area contributed by atoms with Gasteiger partial charge in [0, 0.05) is 26.3 Å². The smallest absolute Gasteiger partial charge is 0.253 e. The first kappa shape index (κ1) is 14.8. The predicted molar refractivity (Wildman–Crippen MR) is 76.4 cm³/mol. The number of carbonyl (C=O) groups is 1. The Kier molecular flexibility index (Phi) is 5.35. The molecule has 1 aliphatic heterocycles.